The van der Waals surface area contributed by atoms with Crippen LogP contribution in [0.5, 0.6) is 0 Å². The van der Waals surface area contributed by atoms with Gasteiger partial charge >= 0.3 is 0 Å². The van der Waals surface area contributed by atoms with Gasteiger partial charge in [0.2, 0.25) is 11.8 Å². The van der Waals surface area contributed by atoms with E-state index in [-0.39, 0.29) is 30.6 Å². The van der Waals surface area contributed by atoms with Gasteiger partial charge in [0.15, 0.2) is 0 Å². The fourth-order valence-corrected chi connectivity index (χ4v) is 4.00. The van der Waals surface area contributed by atoms with E-state index >= 15 is 0 Å². The monoisotopic (exact) mass is 444 g/mol. The highest BCUT2D eigenvalue weighted by Crippen LogP contribution is 2.25. The summed E-state index contributed by atoms with van der Waals surface area (Å²) in [6.45, 7) is 4.79. The Bertz CT molecular complexity index is 1160. The third-order valence-electron chi connectivity index (χ3n) is 5.96. The van der Waals surface area contributed by atoms with Crippen molar-refractivity contribution in [3.63, 3.8) is 0 Å². The van der Waals surface area contributed by atoms with Crippen LogP contribution in [-0.2, 0) is 16.0 Å². The molecule has 7 heteroatoms. The van der Waals surface area contributed by atoms with Crippen LogP contribution in [0.25, 0.3) is 16.9 Å². The van der Waals surface area contributed by atoms with Crippen LogP contribution in [0.4, 0.5) is 0 Å². The van der Waals surface area contributed by atoms with Crippen molar-refractivity contribution in [2.24, 2.45) is 0 Å². The normalized spacial score (nSPS) is 13.6. The number of para-hydroxylation sites is 1. The smallest absolute Gasteiger partial charge is 0.255 e. The molecule has 0 bridgehead atoms. The van der Waals surface area contributed by atoms with E-state index < -0.39 is 0 Å². The second kappa shape index (κ2) is 9.81. The number of carbonyl (C=O) groups is 3. The molecule has 0 unspecified atom stereocenters. The van der Waals surface area contributed by atoms with Crippen LogP contribution < -0.4 is 5.32 Å². The average Bonchev–Trinajstić information content (AvgIpc) is 3.41. The highest BCUT2D eigenvalue weighted by molar-refractivity contribution is 6.02. The van der Waals surface area contributed by atoms with Gasteiger partial charge in [0.1, 0.15) is 5.69 Å². The molecule has 0 aliphatic carbocycles. The van der Waals surface area contributed by atoms with Crippen LogP contribution >= 0.6 is 0 Å². The topological polar surface area (TPSA) is 84.3 Å². The summed E-state index contributed by atoms with van der Waals surface area (Å²) < 4.78 is 1.74. The number of hydrogen-bond acceptors (Lipinski definition) is 4. The summed E-state index contributed by atoms with van der Waals surface area (Å²) in [5.74, 6) is -0.504. The van der Waals surface area contributed by atoms with E-state index in [1.807, 2.05) is 55.5 Å². The minimum absolute atomic E-state index is 0.136. The molecule has 0 spiro atoms. The van der Waals surface area contributed by atoms with Gasteiger partial charge in [-0.05, 0) is 37.0 Å². The number of hydrogen-bond donors (Lipinski definition) is 1. The highest BCUT2D eigenvalue weighted by Gasteiger charge is 2.28. The van der Waals surface area contributed by atoms with E-state index in [1.54, 1.807) is 10.9 Å². The number of rotatable bonds is 8. The van der Waals surface area contributed by atoms with E-state index in [1.165, 1.54) is 10.5 Å². The zero-order valence-corrected chi connectivity index (χ0v) is 19.0. The van der Waals surface area contributed by atoms with Crippen LogP contribution in [0.3, 0.4) is 0 Å². The first-order chi connectivity index (χ1) is 16.0. The Balaban J connectivity index is 1.54. The lowest BCUT2D eigenvalue weighted by Crippen LogP contribution is -2.33. The Morgan fingerprint density at radius 1 is 1.03 bits per heavy atom. The van der Waals surface area contributed by atoms with Crippen molar-refractivity contribution < 1.29 is 14.4 Å². The fraction of sp³-hybridized carbons (Fsp3) is 0.308. The molecule has 1 aliphatic rings. The van der Waals surface area contributed by atoms with Crippen LogP contribution in [0.2, 0.25) is 0 Å². The summed E-state index contributed by atoms with van der Waals surface area (Å²) >= 11 is 0. The number of benzene rings is 2. The summed E-state index contributed by atoms with van der Waals surface area (Å²) in [5.41, 5.74) is 5.15. The Hall–Kier alpha value is -3.74. The highest BCUT2D eigenvalue weighted by atomic mass is 16.2. The fourth-order valence-electron chi connectivity index (χ4n) is 4.00. The molecule has 33 heavy (non-hydrogen) atoms. The number of likely N-dealkylation sites (tertiary alicyclic amines) is 1. The molecule has 7 nitrogen and oxygen atoms in total. The molecule has 3 amide bonds. The molecular formula is C26H28N4O3. The zero-order chi connectivity index (χ0) is 23.4. The molecule has 1 N–H and O–H groups in total. The minimum atomic E-state index is -0.233. The molecule has 2 heterocycles. The lowest BCUT2D eigenvalue weighted by molar-refractivity contribution is -0.138. The molecule has 170 valence electrons. The number of carbonyl (C=O) groups excluding carboxylic acids is 3. The molecule has 1 saturated heterocycles. The third kappa shape index (κ3) is 4.87. The van der Waals surface area contributed by atoms with Gasteiger partial charge in [-0.25, -0.2) is 4.68 Å². The lowest BCUT2D eigenvalue weighted by atomic mass is 10.0. The molecule has 0 atom stereocenters. The molecule has 0 radical (unpaired) electrons. The Labute approximate surface area is 193 Å². The van der Waals surface area contributed by atoms with Crippen molar-refractivity contribution in [1.29, 1.82) is 0 Å². The summed E-state index contributed by atoms with van der Waals surface area (Å²) in [6.07, 6.45) is 3.77. The number of imide groups is 1. The quantitative estimate of drug-likeness (QED) is 0.424. The average molecular weight is 445 g/mol. The van der Waals surface area contributed by atoms with E-state index in [0.29, 0.717) is 30.8 Å². The third-order valence-corrected chi connectivity index (χ3v) is 5.96. The van der Waals surface area contributed by atoms with Gasteiger partial charge in [-0.2, -0.15) is 5.10 Å². The Morgan fingerprint density at radius 3 is 2.39 bits per heavy atom. The van der Waals surface area contributed by atoms with Crippen molar-refractivity contribution in [2.45, 2.75) is 39.5 Å². The SMILES string of the molecule is CCc1ccc(-c2nn(-c3ccccc3C)cc2C(=O)NCCCN2C(=O)CCC2=O)cc1. The van der Waals surface area contributed by atoms with Crippen molar-refractivity contribution in [2.75, 3.05) is 13.1 Å². The number of nitrogens with zero attached hydrogens (tertiary/aromatic N) is 3. The second-order valence-electron chi connectivity index (χ2n) is 8.22. The first-order valence-electron chi connectivity index (χ1n) is 11.3. The molecule has 1 fully saturated rings. The van der Waals surface area contributed by atoms with Crippen molar-refractivity contribution in [1.82, 2.24) is 20.0 Å². The number of amides is 3. The van der Waals surface area contributed by atoms with E-state index in [9.17, 15) is 14.4 Å². The summed E-state index contributed by atoms with van der Waals surface area (Å²) in [7, 11) is 0. The number of aromatic nitrogens is 2. The summed E-state index contributed by atoms with van der Waals surface area (Å²) in [5, 5.41) is 7.68. The molecule has 4 rings (SSSR count). The van der Waals surface area contributed by atoms with E-state index in [0.717, 1.165) is 23.2 Å². The maximum atomic E-state index is 13.1. The predicted molar refractivity (Wildman–Crippen MR) is 126 cm³/mol. The lowest BCUT2D eigenvalue weighted by Gasteiger charge is -2.13. The van der Waals surface area contributed by atoms with E-state index in [2.05, 4.69) is 12.2 Å². The van der Waals surface area contributed by atoms with Gasteiger partial charge in [0.05, 0.1) is 11.3 Å². The molecule has 0 saturated carbocycles. The van der Waals surface area contributed by atoms with Crippen molar-refractivity contribution in [3.05, 3.63) is 71.4 Å². The zero-order valence-electron chi connectivity index (χ0n) is 19.0. The molecule has 1 aromatic heterocycles. The van der Waals surface area contributed by atoms with Crippen molar-refractivity contribution in [3.8, 4) is 16.9 Å². The summed E-state index contributed by atoms with van der Waals surface area (Å²) in [4.78, 5) is 37.9. The maximum absolute atomic E-state index is 13.1. The van der Waals surface area contributed by atoms with E-state index in [4.69, 9.17) is 5.10 Å². The molecule has 2 aromatic carbocycles. The van der Waals surface area contributed by atoms with Crippen LogP contribution in [0.1, 0.15) is 47.7 Å². The molecule has 1 aliphatic heterocycles. The molecule has 3 aromatic rings. The van der Waals surface area contributed by atoms with Gasteiger partial charge in [-0.3, -0.25) is 19.3 Å². The van der Waals surface area contributed by atoms with Crippen molar-refractivity contribution >= 4 is 17.7 Å². The van der Waals surface area contributed by atoms with Crippen LogP contribution in [-0.4, -0.2) is 45.5 Å². The van der Waals surface area contributed by atoms with Gasteiger partial charge in [-0.1, -0.05) is 49.4 Å². The minimum Gasteiger partial charge on any atom is -0.352 e. The second-order valence-corrected chi connectivity index (χ2v) is 8.22. The maximum Gasteiger partial charge on any atom is 0.255 e. The first kappa shape index (κ1) is 22.5. The number of nitrogens with one attached hydrogen (secondary N) is 1. The van der Waals surface area contributed by atoms with Gasteiger partial charge in [0, 0.05) is 37.7 Å². The Kier molecular flexibility index (Phi) is 6.68. The predicted octanol–water partition coefficient (Wildman–Crippen LogP) is 3.68. The Morgan fingerprint density at radius 2 is 1.73 bits per heavy atom. The number of aryl methyl sites for hydroxylation is 2. The van der Waals surface area contributed by atoms with Gasteiger partial charge < -0.3 is 5.32 Å². The molecular weight excluding hydrogens is 416 g/mol. The van der Waals surface area contributed by atoms with Gasteiger partial charge in [0.25, 0.3) is 5.91 Å². The summed E-state index contributed by atoms with van der Waals surface area (Å²) in [6, 6.07) is 16.0. The van der Waals surface area contributed by atoms with Gasteiger partial charge in [-0.15, -0.1) is 0 Å². The largest absolute Gasteiger partial charge is 0.352 e. The standard InChI is InChI=1S/C26H28N4O3/c1-3-19-9-11-20(12-10-19)25-21(17-30(28-25)22-8-5-4-7-18(22)2)26(33)27-15-6-16-29-23(31)13-14-24(29)32/h4-5,7-12,17H,3,6,13-16H2,1-2H3,(H,27,33). The first-order valence-corrected chi connectivity index (χ1v) is 11.3. The van der Waals surface area contributed by atoms with Crippen LogP contribution in [0, 0.1) is 6.92 Å². The van der Waals surface area contributed by atoms with Crippen LogP contribution in [0.15, 0.2) is 54.7 Å².